The maximum absolute atomic E-state index is 12.7. The number of aromatic nitrogens is 1. The van der Waals surface area contributed by atoms with Crippen LogP contribution in [0.15, 0.2) is 10.8 Å². The molecule has 1 N–H and O–H groups in total. The molecule has 2 amide bonds. The Morgan fingerprint density at radius 3 is 2.79 bits per heavy atom. The van der Waals surface area contributed by atoms with Crippen LogP contribution >= 0.6 is 0 Å². The van der Waals surface area contributed by atoms with Crippen molar-refractivity contribution in [2.45, 2.75) is 45.1 Å². The summed E-state index contributed by atoms with van der Waals surface area (Å²) >= 11 is 0. The number of aryl methyl sites for hydroxylation is 1. The van der Waals surface area contributed by atoms with Crippen LogP contribution in [-0.4, -0.2) is 79.1 Å². The van der Waals surface area contributed by atoms with Gasteiger partial charge in [-0.05, 0) is 32.2 Å². The second-order valence-corrected chi connectivity index (χ2v) is 7.62. The highest BCUT2D eigenvalue weighted by atomic mass is 16.5. The Morgan fingerprint density at radius 1 is 1.29 bits per heavy atom. The Morgan fingerprint density at radius 2 is 2.07 bits per heavy atom. The van der Waals surface area contributed by atoms with Crippen LogP contribution in [0.4, 0.5) is 0 Å². The molecule has 1 aromatic rings. The van der Waals surface area contributed by atoms with Gasteiger partial charge in [-0.25, -0.2) is 4.98 Å². The molecule has 1 atom stereocenters. The van der Waals surface area contributed by atoms with E-state index in [1.54, 1.807) is 7.11 Å². The standard InChI is InChI=1S/C20H32N4O4/c1-3-17-18(22-14-28-17)20(26)23-10-6-16(7-11-23)24-9-4-5-15(13-24)19(25)21-8-12-27-2/h14-16H,3-13H2,1-2H3,(H,21,25)/t15-/m0/s1. The highest BCUT2D eigenvalue weighted by Gasteiger charge is 2.33. The van der Waals surface area contributed by atoms with Crippen molar-refractivity contribution in [3.63, 3.8) is 0 Å². The Balaban J connectivity index is 1.49. The van der Waals surface area contributed by atoms with E-state index in [0.29, 0.717) is 37.1 Å². The molecule has 0 radical (unpaired) electrons. The maximum Gasteiger partial charge on any atom is 0.276 e. The number of hydrogen-bond acceptors (Lipinski definition) is 6. The fourth-order valence-corrected chi connectivity index (χ4v) is 4.25. The summed E-state index contributed by atoms with van der Waals surface area (Å²) < 4.78 is 10.3. The molecule has 0 saturated carbocycles. The second-order valence-electron chi connectivity index (χ2n) is 7.62. The van der Waals surface area contributed by atoms with Gasteiger partial charge in [0.1, 0.15) is 5.76 Å². The Labute approximate surface area is 166 Å². The van der Waals surface area contributed by atoms with Gasteiger partial charge in [0.2, 0.25) is 5.91 Å². The van der Waals surface area contributed by atoms with Crippen molar-refractivity contribution >= 4 is 11.8 Å². The molecule has 8 nitrogen and oxygen atoms in total. The molecule has 156 valence electrons. The third-order valence-corrected chi connectivity index (χ3v) is 5.86. The molecule has 0 bridgehead atoms. The van der Waals surface area contributed by atoms with Gasteiger partial charge in [-0.2, -0.15) is 0 Å². The topological polar surface area (TPSA) is 87.9 Å². The fourth-order valence-electron chi connectivity index (χ4n) is 4.25. The number of amides is 2. The van der Waals surface area contributed by atoms with Crippen molar-refractivity contribution < 1.29 is 18.7 Å². The zero-order valence-electron chi connectivity index (χ0n) is 17.0. The predicted octanol–water partition coefficient (Wildman–Crippen LogP) is 1.32. The van der Waals surface area contributed by atoms with Crippen LogP contribution in [0.2, 0.25) is 0 Å². The van der Waals surface area contributed by atoms with Crippen LogP contribution in [0.1, 0.15) is 48.9 Å². The van der Waals surface area contributed by atoms with E-state index in [1.807, 2.05) is 11.8 Å². The number of hydrogen-bond donors (Lipinski definition) is 1. The van der Waals surface area contributed by atoms with Gasteiger partial charge in [-0.15, -0.1) is 0 Å². The smallest absolute Gasteiger partial charge is 0.276 e. The van der Waals surface area contributed by atoms with Crippen LogP contribution in [0, 0.1) is 5.92 Å². The van der Waals surface area contributed by atoms with Gasteiger partial charge in [-0.1, -0.05) is 6.92 Å². The third kappa shape index (κ3) is 4.91. The van der Waals surface area contributed by atoms with E-state index in [9.17, 15) is 9.59 Å². The maximum atomic E-state index is 12.7. The molecule has 0 unspecified atom stereocenters. The quantitative estimate of drug-likeness (QED) is 0.704. The molecule has 3 rings (SSSR count). The number of nitrogens with one attached hydrogen (secondary N) is 1. The average Bonchev–Trinajstić information content (AvgIpc) is 3.22. The van der Waals surface area contributed by atoms with E-state index in [4.69, 9.17) is 9.15 Å². The third-order valence-electron chi connectivity index (χ3n) is 5.86. The second kappa shape index (κ2) is 10.0. The summed E-state index contributed by atoms with van der Waals surface area (Å²) in [6.07, 6.45) is 5.87. The monoisotopic (exact) mass is 392 g/mol. The number of piperidine rings is 2. The first-order chi connectivity index (χ1) is 13.6. The number of ether oxygens (including phenoxy) is 1. The first-order valence-corrected chi connectivity index (χ1v) is 10.4. The average molecular weight is 393 g/mol. The molecule has 8 heteroatoms. The summed E-state index contributed by atoms with van der Waals surface area (Å²) in [7, 11) is 1.64. The van der Waals surface area contributed by atoms with Gasteiger partial charge in [0.25, 0.3) is 5.91 Å². The van der Waals surface area contributed by atoms with Crippen molar-refractivity contribution in [2.24, 2.45) is 5.92 Å². The van der Waals surface area contributed by atoms with Crippen LogP contribution < -0.4 is 5.32 Å². The number of likely N-dealkylation sites (tertiary alicyclic amines) is 2. The van der Waals surface area contributed by atoms with Crippen LogP contribution in [0.3, 0.4) is 0 Å². The summed E-state index contributed by atoms with van der Waals surface area (Å²) in [5.41, 5.74) is 0.451. The number of oxazole rings is 1. The Hall–Kier alpha value is -1.93. The van der Waals surface area contributed by atoms with E-state index < -0.39 is 0 Å². The zero-order valence-corrected chi connectivity index (χ0v) is 17.0. The van der Waals surface area contributed by atoms with Gasteiger partial charge in [0.15, 0.2) is 12.1 Å². The molecular formula is C20H32N4O4. The lowest BCUT2D eigenvalue weighted by Crippen LogP contribution is -2.51. The summed E-state index contributed by atoms with van der Waals surface area (Å²) in [6, 6.07) is 0.432. The number of nitrogens with zero attached hydrogens (tertiary/aromatic N) is 3. The number of carbonyl (C=O) groups excluding carboxylic acids is 2. The van der Waals surface area contributed by atoms with E-state index in [1.165, 1.54) is 6.39 Å². The minimum absolute atomic E-state index is 0.0295. The lowest BCUT2D eigenvalue weighted by atomic mass is 9.93. The minimum atomic E-state index is -0.0295. The molecule has 3 heterocycles. The van der Waals surface area contributed by atoms with Crippen LogP contribution in [0.5, 0.6) is 0 Å². The first-order valence-electron chi connectivity index (χ1n) is 10.4. The largest absolute Gasteiger partial charge is 0.448 e. The Bertz CT molecular complexity index is 654. The summed E-state index contributed by atoms with van der Waals surface area (Å²) in [6.45, 7) is 6.35. The summed E-state index contributed by atoms with van der Waals surface area (Å²) in [5.74, 6) is 0.809. The summed E-state index contributed by atoms with van der Waals surface area (Å²) in [4.78, 5) is 33.5. The fraction of sp³-hybridized carbons (Fsp3) is 0.750. The molecular weight excluding hydrogens is 360 g/mol. The molecule has 0 aromatic carbocycles. The first kappa shape index (κ1) is 20.8. The van der Waals surface area contributed by atoms with Gasteiger partial charge < -0.3 is 19.4 Å². The van der Waals surface area contributed by atoms with Crippen molar-refractivity contribution in [1.29, 1.82) is 0 Å². The Kier molecular flexibility index (Phi) is 7.44. The van der Waals surface area contributed by atoms with E-state index in [-0.39, 0.29) is 17.7 Å². The van der Waals surface area contributed by atoms with Gasteiger partial charge in [0.05, 0.1) is 12.5 Å². The predicted molar refractivity (Wildman–Crippen MR) is 104 cm³/mol. The highest BCUT2D eigenvalue weighted by molar-refractivity contribution is 5.93. The van der Waals surface area contributed by atoms with Gasteiger partial charge >= 0.3 is 0 Å². The SMILES string of the molecule is CCc1ocnc1C(=O)N1CCC(N2CCC[C@H](C(=O)NCCOC)C2)CC1. The van der Waals surface area contributed by atoms with Gasteiger partial charge in [-0.3, -0.25) is 14.5 Å². The van der Waals surface area contributed by atoms with Crippen LogP contribution in [-0.2, 0) is 16.0 Å². The molecule has 2 aliphatic heterocycles. The molecule has 0 spiro atoms. The number of rotatable bonds is 7. The van der Waals surface area contributed by atoms with E-state index >= 15 is 0 Å². The molecule has 2 saturated heterocycles. The minimum Gasteiger partial charge on any atom is -0.448 e. The molecule has 28 heavy (non-hydrogen) atoms. The van der Waals surface area contributed by atoms with Crippen molar-refractivity contribution in [2.75, 3.05) is 46.4 Å². The van der Waals surface area contributed by atoms with Crippen molar-refractivity contribution in [3.05, 3.63) is 17.8 Å². The van der Waals surface area contributed by atoms with Crippen LogP contribution in [0.25, 0.3) is 0 Å². The molecule has 1 aromatic heterocycles. The van der Waals surface area contributed by atoms with Crippen molar-refractivity contribution in [1.82, 2.24) is 20.1 Å². The van der Waals surface area contributed by atoms with E-state index in [0.717, 1.165) is 51.9 Å². The van der Waals surface area contributed by atoms with Crippen molar-refractivity contribution in [3.8, 4) is 0 Å². The van der Waals surface area contributed by atoms with Gasteiger partial charge in [0, 0.05) is 45.8 Å². The number of carbonyl (C=O) groups is 2. The molecule has 0 aliphatic carbocycles. The molecule has 2 fully saturated rings. The lowest BCUT2D eigenvalue weighted by Gasteiger charge is -2.42. The lowest BCUT2D eigenvalue weighted by molar-refractivity contribution is -0.127. The highest BCUT2D eigenvalue weighted by Crippen LogP contribution is 2.25. The zero-order chi connectivity index (χ0) is 19.9. The number of methoxy groups -OCH3 is 1. The normalized spacial score (nSPS) is 21.6. The summed E-state index contributed by atoms with van der Waals surface area (Å²) in [5, 5.41) is 2.97. The van der Waals surface area contributed by atoms with E-state index in [2.05, 4.69) is 15.2 Å². The molecule has 2 aliphatic rings.